The normalized spacial score (nSPS) is 12.1. The number of hydrogen-bond donors (Lipinski definition) is 0. The van der Waals surface area contributed by atoms with Crippen molar-refractivity contribution in [1.29, 1.82) is 0 Å². The van der Waals surface area contributed by atoms with Crippen molar-refractivity contribution in [3.05, 3.63) is 139 Å². The molecule has 0 bridgehead atoms. The largest absolute Gasteiger partial charge is 0.305 e. The second-order valence-electron chi connectivity index (χ2n) is 13.4. The molecule has 8 aromatic rings. The van der Waals surface area contributed by atoms with Gasteiger partial charge in [-0.3, -0.25) is 4.98 Å². The van der Waals surface area contributed by atoms with Crippen molar-refractivity contribution in [3.8, 4) is 22.5 Å². The second-order valence-corrected chi connectivity index (χ2v) is 19.4. The molecular formula is C43H38IrN2SSi-2. The fourth-order valence-corrected chi connectivity index (χ4v) is 9.44. The van der Waals surface area contributed by atoms with Crippen LogP contribution in [0.25, 0.3) is 64.2 Å². The van der Waals surface area contributed by atoms with Crippen LogP contribution in [0, 0.1) is 19.1 Å². The molecule has 0 N–H and O–H groups in total. The smallest absolute Gasteiger partial charge is 0.0798 e. The van der Waals surface area contributed by atoms with Gasteiger partial charge in [-0.15, -0.1) is 53.4 Å². The Balaban J connectivity index is 0.000000198. The van der Waals surface area contributed by atoms with Gasteiger partial charge in [0.2, 0.25) is 0 Å². The van der Waals surface area contributed by atoms with Gasteiger partial charge in [0.25, 0.3) is 0 Å². The molecule has 3 heterocycles. The van der Waals surface area contributed by atoms with Gasteiger partial charge in [-0.05, 0) is 56.2 Å². The Kier molecular flexibility index (Phi) is 9.40. The molecule has 8 rings (SSSR count). The van der Waals surface area contributed by atoms with Crippen LogP contribution in [0.15, 0.2) is 116 Å². The first kappa shape index (κ1) is 32.5. The van der Waals surface area contributed by atoms with Crippen molar-refractivity contribution in [2.45, 2.75) is 46.3 Å². The minimum Gasteiger partial charge on any atom is -0.305 e. The van der Waals surface area contributed by atoms with E-state index in [2.05, 4.69) is 129 Å². The number of thiophene rings is 1. The second kappa shape index (κ2) is 13.9. The number of pyridine rings is 2. The van der Waals surface area contributed by atoms with Crippen LogP contribution in [0.4, 0.5) is 0 Å². The Hall–Kier alpha value is -3.99. The zero-order valence-corrected chi connectivity index (χ0v) is 32.3. The summed E-state index contributed by atoms with van der Waals surface area (Å²) in [6, 6.07) is 42.6. The molecule has 0 atom stereocenters. The van der Waals surface area contributed by atoms with Gasteiger partial charge < -0.3 is 4.98 Å². The van der Waals surface area contributed by atoms with Crippen LogP contribution in [-0.2, 0) is 20.1 Å². The Bertz CT molecular complexity index is 2440. The molecule has 3 aromatic heterocycles. The van der Waals surface area contributed by atoms with E-state index in [1.807, 2.05) is 55.6 Å². The van der Waals surface area contributed by atoms with Crippen LogP contribution in [0.5, 0.6) is 0 Å². The number of hydrogen-bond acceptors (Lipinski definition) is 3. The molecule has 0 unspecified atom stereocenters. The summed E-state index contributed by atoms with van der Waals surface area (Å²) in [6.07, 6.45) is 3.87. The van der Waals surface area contributed by atoms with Crippen molar-refractivity contribution in [2.75, 3.05) is 0 Å². The minimum absolute atomic E-state index is 0. The third kappa shape index (κ3) is 6.53. The molecule has 1 radical (unpaired) electrons. The maximum Gasteiger partial charge on any atom is 0.0798 e. The van der Waals surface area contributed by atoms with Gasteiger partial charge in [0.15, 0.2) is 0 Å². The maximum absolute atomic E-state index is 8.47. The van der Waals surface area contributed by atoms with Gasteiger partial charge >= 0.3 is 0 Å². The van der Waals surface area contributed by atoms with Crippen LogP contribution < -0.4 is 5.19 Å². The molecule has 0 aliphatic heterocycles. The van der Waals surface area contributed by atoms with Gasteiger partial charge in [0.05, 0.1) is 8.07 Å². The summed E-state index contributed by atoms with van der Waals surface area (Å²) in [5.41, 5.74) is 6.29. The van der Waals surface area contributed by atoms with Crippen molar-refractivity contribution < 1.29 is 21.5 Å². The third-order valence-electron chi connectivity index (χ3n) is 8.76. The molecule has 241 valence electrons. The topological polar surface area (TPSA) is 25.8 Å². The van der Waals surface area contributed by atoms with E-state index in [4.69, 9.17) is 6.35 Å². The van der Waals surface area contributed by atoms with Gasteiger partial charge in [-0.2, -0.15) is 11.3 Å². The van der Waals surface area contributed by atoms with Crippen LogP contribution in [0.2, 0.25) is 19.6 Å². The molecule has 2 nitrogen and oxygen atoms in total. The van der Waals surface area contributed by atoms with E-state index < -0.39 is 14.0 Å². The first-order valence-corrected chi connectivity index (χ1v) is 20.4. The average Bonchev–Trinajstić information content (AvgIpc) is 3.48. The molecule has 5 aromatic carbocycles. The zero-order valence-electron chi connectivity index (χ0n) is 29.1. The van der Waals surface area contributed by atoms with Crippen LogP contribution in [0.3, 0.4) is 0 Å². The number of aryl methyl sites for hydroxylation is 1. The summed E-state index contributed by atoms with van der Waals surface area (Å²) in [4.78, 5) is 9.28. The average molecular weight is 836 g/mol. The molecule has 48 heavy (non-hydrogen) atoms. The van der Waals surface area contributed by atoms with E-state index >= 15 is 0 Å². The summed E-state index contributed by atoms with van der Waals surface area (Å²) in [5.74, 6) is -0.677. The van der Waals surface area contributed by atoms with Crippen LogP contribution >= 0.6 is 11.3 Å². The monoisotopic (exact) mass is 836 g/mol. The number of nitrogens with zero attached hydrogens (tertiary/aromatic N) is 2. The van der Waals surface area contributed by atoms with E-state index in [1.165, 1.54) is 47.1 Å². The molecule has 5 heteroatoms. The predicted octanol–water partition coefficient (Wildman–Crippen LogP) is 11.7. The number of aromatic nitrogens is 2. The van der Waals surface area contributed by atoms with Gasteiger partial charge in [0, 0.05) is 44.3 Å². The van der Waals surface area contributed by atoms with Crippen molar-refractivity contribution in [3.63, 3.8) is 0 Å². The van der Waals surface area contributed by atoms with E-state index in [-0.39, 0.29) is 20.1 Å². The van der Waals surface area contributed by atoms with Crippen LogP contribution in [0.1, 0.15) is 32.2 Å². The van der Waals surface area contributed by atoms with Gasteiger partial charge in [-0.1, -0.05) is 122 Å². The summed E-state index contributed by atoms with van der Waals surface area (Å²) < 4.78 is 11.0. The summed E-state index contributed by atoms with van der Waals surface area (Å²) in [6.45, 7) is 13.1. The fourth-order valence-electron chi connectivity index (χ4n) is 6.37. The molecule has 0 fully saturated rings. The van der Waals surface area contributed by atoms with Gasteiger partial charge in [0.1, 0.15) is 0 Å². The molecule has 0 saturated carbocycles. The van der Waals surface area contributed by atoms with Crippen molar-refractivity contribution in [1.82, 2.24) is 9.97 Å². The molecule has 0 spiro atoms. The summed E-state index contributed by atoms with van der Waals surface area (Å²) >= 11 is 1.82. The fraction of sp³-hybridized carbons (Fsp3) is 0.163. The quantitative estimate of drug-likeness (QED) is 0.130. The summed E-state index contributed by atoms with van der Waals surface area (Å²) in [7, 11) is -1.27. The first-order valence-electron chi connectivity index (χ1n) is 16.6. The molecular weight excluding hydrogens is 797 g/mol. The zero-order chi connectivity index (χ0) is 33.6. The molecule has 0 aliphatic rings. The van der Waals surface area contributed by atoms with Crippen molar-refractivity contribution >= 4 is 66.3 Å². The van der Waals surface area contributed by atoms with Gasteiger partial charge in [-0.25, -0.2) is 0 Å². The first-order chi connectivity index (χ1) is 23.0. The van der Waals surface area contributed by atoms with E-state index in [0.29, 0.717) is 0 Å². The number of benzene rings is 5. The molecule has 0 amide bonds. The van der Waals surface area contributed by atoms with E-state index in [9.17, 15) is 0 Å². The predicted molar refractivity (Wildman–Crippen MR) is 207 cm³/mol. The molecule has 0 saturated heterocycles. The van der Waals surface area contributed by atoms with E-state index in [0.717, 1.165) is 33.5 Å². The number of fused-ring (bicyclic) bond motifs is 7. The third-order valence-corrected chi connectivity index (χ3v) is 12.2. The van der Waals surface area contributed by atoms with Crippen LogP contribution in [-0.4, -0.2) is 18.0 Å². The Labute approximate surface area is 303 Å². The van der Waals surface area contributed by atoms with E-state index in [1.54, 1.807) is 0 Å². The molecule has 0 aliphatic carbocycles. The summed E-state index contributed by atoms with van der Waals surface area (Å²) in [5, 5.41) is 8.85. The Morgan fingerprint density at radius 2 is 1.52 bits per heavy atom. The SMILES string of the molecule is Cc1cc(-c2[c-]cccc2)ncc1[Si](C)(C)C.[2H]C(C)(C)c1ccnc(-c2[c-]c3ccccc3c3c2sc2c4ccccc4ccc23)c1.[Ir]. The van der Waals surface area contributed by atoms with Crippen molar-refractivity contribution in [2.24, 2.45) is 0 Å². The maximum atomic E-state index is 8.47. The number of rotatable bonds is 4. The minimum atomic E-state index is -1.27. The Morgan fingerprint density at radius 1 is 0.771 bits per heavy atom. The Morgan fingerprint density at radius 3 is 2.25 bits per heavy atom. The standard InChI is InChI=1S/C28H20NS.C15H18NSi.Ir/c1-17(2)19-13-14-29-25(16-19)24-15-20-8-4-5-9-21(20)26-23-12-11-18-7-3-6-10-22(18)27(23)30-28(24)26;1-12-10-14(13-8-6-5-7-9-13)16-11-15(12)17(2,3)4;/h3-14,16-17H,1-2H3;5-8,10-11H,1-4H3;/q2*-1;/i17D;;.